The Morgan fingerprint density at radius 3 is 2.17 bits per heavy atom. The molecule has 1 heterocycles. The fraction of sp³-hybridized carbons (Fsp3) is 0.160. The second kappa shape index (κ2) is 8.65. The van der Waals surface area contributed by atoms with Crippen LogP contribution in [0, 0.1) is 0 Å². The molecule has 1 unspecified atom stereocenters. The third-order valence-corrected chi connectivity index (χ3v) is 4.94. The van der Waals surface area contributed by atoms with E-state index in [-0.39, 0.29) is 12.6 Å². The molecule has 0 radical (unpaired) electrons. The third-order valence-electron chi connectivity index (χ3n) is 4.94. The minimum Gasteiger partial charge on any atom is -0.488 e. The Kier molecular flexibility index (Phi) is 5.61. The van der Waals surface area contributed by atoms with Crippen LogP contribution in [-0.2, 0) is 22.7 Å². The fourth-order valence-corrected chi connectivity index (χ4v) is 3.32. The molecule has 4 rings (SSSR count). The summed E-state index contributed by atoms with van der Waals surface area (Å²) in [4.78, 5) is 12.6. The summed E-state index contributed by atoms with van der Waals surface area (Å²) in [5.41, 5.74) is 3.03. The molecule has 0 aliphatic rings. The van der Waals surface area contributed by atoms with Crippen LogP contribution in [-0.4, -0.2) is 10.5 Å². The van der Waals surface area contributed by atoms with E-state index in [1.54, 1.807) is 0 Å². The van der Waals surface area contributed by atoms with Gasteiger partial charge in [-0.25, -0.2) is 4.79 Å². The number of rotatable bonds is 7. The van der Waals surface area contributed by atoms with Crippen molar-refractivity contribution in [2.24, 2.45) is 0 Å². The highest BCUT2D eigenvalue weighted by Crippen LogP contribution is 2.29. The number of hydrogen-bond acceptors (Lipinski definition) is 3. The normalized spacial score (nSPS) is 11.9. The van der Waals surface area contributed by atoms with Gasteiger partial charge in [-0.15, -0.1) is 0 Å². The van der Waals surface area contributed by atoms with E-state index in [0.29, 0.717) is 6.61 Å². The highest BCUT2D eigenvalue weighted by atomic mass is 16.5. The first-order valence-corrected chi connectivity index (χ1v) is 9.69. The Balaban J connectivity index is 1.48. The second-order valence-electron chi connectivity index (χ2n) is 6.96. The van der Waals surface area contributed by atoms with Crippen LogP contribution in [0.5, 0.6) is 5.75 Å². The van der Waals surface area contributed by atoms with E-state index in [0.717, 1.165) is 27.8 Å². The van der Waals surface area contributed by atoms with Crippen LogP contribution in [0.4, 0.5) is 0 Å². The van der Waals surface area contributed by atoms with Gasteiger partial charge in [0, 0.05) is 11.6 Å². The van der Waals surface area contributed by atoms with Gasteiger partial charge in [0.2, 0.25) is 0 Å². The van der Waals surface area contributed by atoms with Crippen molar-refractivity contribution >= 4 is 16.9 Å². The molecule has 0 aliphatic heterocycles. The average Bonchev–Trinajstić information content (AvgIpc) is 3.21. The molecule has 4 heteroatoms. The standard InChI is InChI=1S/C25H23NO3/c1-19(25(27)29-18-21-11-6-3-7-12-21)26-16-15-22-23(26)13-8-14-24(22)28-17-20-9-4-2-5-10-20/h2-16,19H,17-18H2,1H3. The topological polar surface area (TPSA) is 40.5 Å². The number of hydrogen-bond donors (Lipinski definition) is 0. The van der Waals surface area contributed by atoms with Gasteiger partial charge in [0.25, 0.3) is 0 Å². The molecular formula is C25H23NO3. The van der Waals surface area contributed by atoms with Crippen molar-refractivity contribution < 1.29 is 14.3 Å². The SMILES string of the molecule is CC(C(=O)OCc1ccccc1)n1ccc2c(OCc3ccccc3)cccc21. The maximum absolute atomic E-state index is 12.6. The zero-order valence-corrected chi connectivity index (χ0v) is 16.3. The zero-order valence-electron chi connectivity index (χ0n) is 16.3. The van der Waals surface area contributed by atoms with Crippen LogP contribution in [0.1, 0.15) is 24.1 Å². The van der Waals surface area contributed by atoms with Crippen LogP contribution in [0.15, 0.2) is 91.1 Å². The Labute approximate surface area is 170 Å². The predicted octanol–water partition coefficient (Wildman–Crippen LogP) is 5.52. The Morgan fingerprint density at radius 1 is 0.828 bits per heavy atom. The number of fused-ring (bicyclic) bond motifs is 1. The van der Waals surface area contributed by atoms with Crippen LogP contribution in [0.25, 0.3) is 10.9 Å². The maximum Gasteiger partial charge on any atom is 0.329 e. The third kappa shape index (κ3) is 4.32. The smallest absolute Gasteiger partial charge is 0.329 e. The molecule has 3 aromatic carbocycles. The summed E-state index contributed by atoms with van der Waals surface area (Å²) in [6.45, 7) is 2.62. The minimum atomic E-state index is -0.430. The van der Waals surface area contributed by atoms with Gasteiger partial charge in [-0.3, -0.25) is 0 Å². The molecular weight excluding hydrogens is 362 g/mol. The molecule has 0 bridgehead atoms. The Morgan fingerprint density at radius 2 is 1.48 bits per heavy atom. The van der Waals surface area contributed by atoms with E-state index in [1.807, 2.05) is 103 Å². The number of carbonyl (C=O) groups is 1. The van der Waals surface area contributed by atoms with Gasteiger partial charge < -0.3 is 14.0 Å². The average molecular weight is 385 g/mol. The molecule has 4 aromatic rings. The largest absolute Gasteiger partial charge is 0.488 e. The van der Waals surface area contributed by atoms with Gasteiger partial charge >= 0.3 is 5.97 Å². The van der Waals surface area contributed by atoms with Crippen molar-refractivity contribution in [3.05, 3.63) is 102 Å². The maximum atomic E-state index is 12.6. The quantitative estimate of drug-likeness (QED) is 0.393. The number of ether oxygens (including phenoxy) is 2. The van der Waals surface area contributed by atoms with E-state index in [2.05, 4.69) is 0 Å². The van der Waals surface area contributed by atoms with Crippen LogP contribution in [0.2, 0.25) is 0 Å². The van der Waals surface area contributed by atoms with Gasteiger partial charge in [0.15, 0.2) is 0 Å². The fourth-order valence-electron chi connectivity index (χ4n) is 3.32. The zero-order chi connectivity index (χ0) is 20.1. The Bertz CT molecular complexity index is 1090. The highest BCUT2D eigenvalue weighted by Gasteiger charge is 2.19. The number of nitrogens with zero attached hydrogens (tertiary/aromatic N) is 1. The summed E-state index contributed by atoms with van der Waals surface area (Å²) in [7, 11) is 0. The highest BCUT2D eigenvalue weighted by molar-refractivity contribution is 5.88. The summed E-state index contributed by atoms with van der Waals surface area (Å²) in [5.74, 6) is 0.539. The summed E-state index contributed by atoms with van der Waals surface area (Å²) < 4.78 is 13.5. The first kappa shape index (κ1) is 18.8. The molecule has 4 nitrogen and oxygen atoms in total. The lowest BCUT2D eigenvalue weighted by atomic mass is 10.2. The van der Waals surface area contributed by atoms with Gasteiger partial charge in [-0.2, -0.15) is 0 Å². The summed E-state index contributed by atoms with van der Waals surface area (Å²) >= 11 is 0. The van der Waals surface area contributed by atoms with Crippen molar-refractivity contribution in [1.82, 2.24) is 4.57 Å². The number of aromatic nitrogens is 1. The van der Waals surface area contributed by atoms with E-state index < -0.39 is 6.04 Å². The molecule has 0 aliphatic carbocycles. The Hall–Kier alpha value is -3.53. The van der Waals surface area contributed by atoms with Crippen molar-refractivity contribution in [3.63, 3.8) is 0 Å². The molecule has 0 spiro atoms. The van der Waals surface area contributed by atoms with Crippen molar-refractivity contribution in [2.75, 3.05) is 0 Å². The molecule has 0 fully saturated rings. The van der Waals surface area contributed by atoms with Crippen molar-refractivity contribution in [1.29, 1.82) is 0 Å². The minimum absolute atomic E-state index is 0.262. The second-order valence-corrected chi connectivity index (χ2v) is 6.96. The molecule has 0 saturated carbocycles. The number of esters is 1. The van der Waals surface area contributed by atoms with Gasteiger partial charge in [-0.05, 0) is 36.2 Å². The summed E-state index contributed by atoms with van der Waals surface area (Å²) in [6, 6.07) is 27.2. The van der Waals surface area contributed by atoms with E-state index in [1.165, 1.54) is 0 Å². The van der Waals surface area contributed by atoms with E-state index in [4.69, 9.17) is 9.47 Å². The molecule has 0 N–H and O–H groups in total. The summed E-state index contributed by atoms with van der Waals surface area (Å²) in [6.07, 6.45) is 1.91. The molecule has 1 aromatic heterocycles. The molecule has 0 amide bonds. The van der Waals surface area contributed by atoms with Gasteiger partial charge in [-0.1, -0.05) is 66.7 Å². The van der Waals surface area contributed by atoms with Crippen molar-refractivity contribution in [3.8, 4) is 5.75 Å². The van der Waals surface area contributed by atoms with Gasteiger partial charge in [0.05, 0.1) is 5.52 Å². The lowest BCUT2D eigenvalue weighted by Gasteiger charge is -2.15. The van der Waals surface area contributed by atoms with E-state index >= 15 is 0 Å². The van der Waals surface area contributed by atoms with Crippen LogP contribution >= 0.6 is 0 Å². The number of carbonyl (C=O) groups excluding carboxylic acids is 1. The molecule has 0 saturated heterocycles. The van der Waals surface area contributed by atoms with Gasteiger partial charge in [0.1, 0.15) is 25.0 Å². The van der Waals surface area contributed by atoms with E-state index in [9.17, 15) is 4.79 Å². The lowest BCUT2D eigenvalue weighted by Crippen LogP contribution is -2.18. The van der Waals surface area contributed by atoms with Crippen molar-refractivity contribution in [2.45, 2.75) is 26.2 Å². The predicted molar refractivity (Wildman–Crippen MR) is 114 cm³/mol. The summed E-state index contributed by atoms with van der Waals surface area (Å²) in [5, 5.41) is 0.978. The monoisotopic (exact) mass is 385 g/mol. The first-order valence-electron chi connectivity index (χ1n) is 9.69. The van der Waals surface area contributed by atoms with Crippen LogP contribution < -0.4 is 4.74 Å². The molecule has 1 atom stereocenters. The molecule has 146 valence electrons. The molecule has 29 heavy (non-hydrogen) atoms. The number of benzene rings is 3. The lowest BCUT2D eigenvalue weighted by molar-refractivity contribution is -0.148. The first-order chi connectivity index (χ1) is 14.2. The van der Waals surface area contributed by atoms with Crippen LogP contribution in [0.3, 0.4) is 0 Å².